The van der Waals surface area contributed by atoms with Crippen LogP contribution >= 0.6 is 31.9 Å². The van der Waals surface area contributed by atoms with Crippen LogP contribution < -0.4 is 0 Å². The van der Waals surface area contributed by atoms with Crippen molar-refractivity contribution in [1.29, 1.82) is 0 Å². The molecule has 0 amide bonds. The third-order valence-electron chi connectivity index (χ3n) is 3.44. The van der Waals surface area contributed by atoms with E-state index in [1.807, 2.05) is 0 Å². The molecule has 0 spiro atoms. The molecule has 2 aromatic rings. The summed E-state index contributed by atoms with van der Waals surface area (Å²) in [5.74, 6) is -0.516. The maximum absolute atomic E-state index is 14.1. The highest BCUT2D eigenvalue weighted by molar-refractivity contribution is 9.09. The quantitative estimate of drug-likeness (QED) is 0.599. The molecule has 0 saturated heterocycles. The van der Waals surface area contributed by atoms with E-state index in [0.29, 0.717) is 28.2 Å². The molecule has 0 aromatic heterocycles. The van der Waals surface area contributed by atoms with Crippen molar-refractivity contribution in [2.75, 3.05) is 10.7 Å². The Balaban J connectivity index is 2.46. The van der Waals surface area contributed by atoms with Gasteiger partial charge in [0.2, 0.25) is 0 Å². The number of benzene rings is 2. The summed E-state index contributed by atoms with van der Waals surface area (Å²) < 4.78 is 28.0. The summed E-state index contributed by atoms with van der Waals surface area (Å²) in [6, 6.07) is 13.3. The Morgan fingerprint density at radius 1 is 0.800 bits per heavy atom. The first-order chi connectivity index (χ1) is 9.63. The second-order valence-electron chi connectivity index (χ2n) is 4.80. The van der Waals surface area contributed by atoms with Crippen LogP contribution in [0.4, 0.5) is 8.78 Å². The van der Waals surface area contributed by atoms with Crippen LogP contribution in [0.15, 0.2) is 48.5 Å². The van der Waals surface area contributed by atoms with Gasteiger partial charge in [-0.3, -0.25) is 0 Å². The van der Waals surface area contributed by atoms with E-state index in [2.05, 4.69) is 31.9 Å². The summed E-state index contributed by atoms with van der Waals surface area (Å²) in [4.78, 5) is 0. The molecule has 0 atom stereocenters. The van der Waals surface area contributed by atoms with E-state index in [0.717, 1.165) is 0 Å². The minimum absolute atomic E-state index is 0.255. The van der Waals surface area contributed by atoms with Gasteiger partial charge in [-0.25, -0.2) is 8.78 Å². The van der Waals surface area contributed by atoms with Gasteiger partial charge in [-0.1, -0.05) is 68.3 Å². The fourth-order valence-corrected chi connectivity index (χ4v) is 4.20. The van der Waals surface area contributed by atoms with Crippen molar-refractivity contribution in [2.45, 2.75) is 11.8 Å². The Kier molecular flexibility index (Phi) is 5.33. The van der Waals surface area contributed by atoms with E-state index in [4.69, 9.17) is 0 Å². The molecule has 0 aliphatic heterocycles. The summed E-state index contributed by atoms with van der Waals surface area (Å²) >= 11 is 6.93. The molecule has 0 aliphatic carbocycles. The van der Waals surface area contributed by atoms with Crippen molar-refractivity contribution in [1.82, 2.24) is 0 Å². The highest BCUT2D eigenvalue weighted by Gasteiger charge is 2.33. The standard InChI is InChI=1S/C16H14Br2F2/c17-10-16(11-18,13-6-2-4-8-15(13)20)9-12-5-1-3-7-14(12)19/h1-8H,9-11H2. The number of hydrogen-bond donors (Lipinski definition) is 0. The second-order valence-corrected chi connectivity index (χ2v) is 5.92. The van der Waals surface area contributed by atoms with Gasteiger partial charge in [-0.15, -0.1) is 0 Å². The topological polar surface area (TPSA) is 0 Å². The number of halogens is 4. The normalized spacial score (nSPS) is 11.6. The number of alkyl halides is 2. The zero-order valence-electron chi connectivity index (χ0n) is 10.8. The van der Waals surface area contributed by atoms with Gasteiger partial charge in [0.1, 0.15) is 11.6 Å². The first-order valence-electron chi connectivity index (χ1n) is 6.23. The summed E-state index contributed by atoms with van der Waals surface area (Å²) in [5.41, 5.74) is 0.666. The van der Waals surface area contributed by atoms with Crippen molar-refractivity contribution in [3.63, 3.8) is 0 Å². The molecule has 0 N–H and O–H groups in total. The van der Waals surface area contributed by atoms with E-state index in [-0.39, 0.29) is 11.6 Å². The molecular weight excluding hydrogens is 390 g/mol. The molecular formula is C16H14Br2F2. The van der Waals surface area contributed by atoms with Crippen LogP contribution in [0.1, 0.15) is 11.1 Å². The van der Waals surface area contributed by atoms with Crippen LogP contribution in [0.25, 0.3) is 0 Å². The molecule has 0 heterocycles. The van der Waals surface area contributed by atoms with E-state index in [1.165, 1.54) is 12.1 Å². The van der Waals surface area contributed by atoms with Crippen molar-refractivity contribution in [3.8, 4) is 0 Å². The van der Waals surface area contributed by atoms with Gasteiger partial charge in [-0.2, -0.15) is 0 Å². The SMILES string of the molecule is Fc1ccccc1CC(CBr)(CBr)c1ccccc1F. The van der Waals surface area contributed by atoms with Gasteiger partial charge in [0.05, 0.1) is 0 Å². The maximum Gasteiger partial charge on any atom is 0.127 e. The van der Waals surface area contributed by atoms with Crippen molar-refractivity contribution in [2.24, 2.45) is 0 Å². The lowest BCUT2D eigenvalue weighted by molar-refractivity contribution is 0.487. The molecule has 20 heavy (non-hydrogen) atoms. The summed E-state index contributed by atoms with van der Waals surface area (Å²) in [6.45, 7) is 0. The lowest BCUT2D eigenvalue weighted by Crippen LogP contribution is -2.34. The predicted octanol–water partition coefficient (Wildman–Crippen LogP) is 5.24. The van der Waals surface area contributed by atoms with Crippen molar-refractivity contribution >= 4 is 31.9 Å². The highest BCUT2D eigenvalue weighted by atomic mass is 79.9. The summed E-state index contributed by atoms with van der Waals surface area (Å²) in [5, 5.41) is 1.08. The molecule has 0 fully saturated rings. The fourth-order valence-electron chi connectivity index (χ4n) is 2.27. The number of rotatable bonds is 5. The molecule has 0 bridgehead atoms. The van der Waals surface area contributed by atoms with Crippen LogP contribution in [0, 0.1) is 11.6 Å². The molecule has 2 rings (SSSR count). The molecule has 0 nitrogen and oxygen atoms in total. The average Bonchev–Trinajstić information content (AvgIpc) is 2.48. The molecule has 0 unspecified atom stereocenters. The highest BCUT2D eigenvalue weighted by Crippen LogP contribution is 2.34. The molecule has 2 aromatic carbocycles. The molecule has 0 saturated carbocycles. The Labute approximate surface area is 134 Å². The summed E-state index contributed by atoms with van der Waals surface area (Å²) in [7, 11) is 0. The minimum atomic E-state index is -0.520. The first-order valence-corrected chi connectivity index (χ1v) is 8.47. The largest absolute Gasteiger partial charge is 0.207 e. The Morgan fingerprint density at radius 2 is 1.35 bits per heavy atom. The van der Waals surface area contributed by atoms with E-state index < -0.39 is 5.41 Å². The van der Waals surface area contributed by atoms with Gasteiger partial charge in [-0.05, 0) is 29.7 Å². The fraction of sp³-hybridized carbons (Fsp3) is 0.250. The maximum atomic E-state index is 14.1. The van der Waals surface area contributed by atoms with Crippen molar-refractivity contribution < 1.29 is 8.78 Å². The Hall–Kier alpha value is -0.740. The average molecular weight is 404 g/mol. The van der Waals surface area contributed by atoms with Gasteiger partial charge in [0, 0.05) is 16.1 Å². The van der Waals surface area contributed by atoms with E-state index in [9.17, 15) is 8.78 Å². The predicted molar refractivity (Wildman–Crippen MR) is 85.8 cm³/mol. The third kappa shape index (κ3) is 3.12. The van der Waals surface area contributed by atoms with Gasteiger partial charge < -0.3 is 0 Å². The van der Waals surface area contributed by atoms with E-state index >= 15 is 0 Å². The van der Waals surface area contributed by atoms with Crippen LogP contribution in [0.3, 0.4) is 0 Å². The Morgan fingerprint density at radius 3 is 1.90 bits per heavy atom. The smallest absolute Gasteiger partial charge is 0.127 e. The number of hydrogen-bond acceptors (Lipinski definition) is 0. The zero-order valence-corrected chi connectivity index (χ0v) is 13.9. The Bertz CT molecular complexity index is 580. The minimum Gasteiger partial charge on any atom is -0.207 e. The lowest BCUT2D eigenvalue weighted by atomic mass is 9.78. The molecule has 0 radical (unpaired) electrons. The van der Waals surface area contributed by atoms with Crippen molar-refractivity contribution in [3.05, 3.63) is 71.3 Å². The molecule has 4 heteroatoms. The van der Waals surface area contributed by atoms with Crippen LogP contribution in [0.2, 0.25) is 0 Å². The van der Waals surface area contributed by atoms with Crippen LogP contribution in [-0.2, 0) is 11.8 Å². The molecule has 0 aliphatic rings. The molecule has 106 valence electrons. The van der Waals surface area contributed by atoms with Gasteiger partial charge in [0.25, 0.3) is 0 Å². The van der Waals surface area contributed by atoms with Crippen LogP contribution in [0.5, 0.6) is 0 Å². The van der Waals surface area contributed by atoms with Gasteiger partial charge >= 0.3 is 0 Å². The van der Waals surface area contributed by atoms with Gasteiger partial charge in [0.15, 0.2) is 0 Å². The first kappa shape index (κ1) is 15.6. The monoisotopic (exact) mass is 402 g/mol. The second kappa shape index (κ2) is 6.81. The van der Waals surface area contributed by atoms with E-state index in [1.54, 1.807) is 36.4 Å². The van der Waals surface area contributed by atoms with Crippen LogP contribution in [-0.4, -0.2) is 10.7 Å². The summed E-state index contributed by atoms with van der Waals surface area (Å²) in [6.07, 6.45) is 0.428. The lowest BCUT2D eigenvalue weighted by Gasteiger charge is -2.31. The third-order valence-corrected chi connectivity index (χ3v) is 5.59. The zero-order chi connectivity index (χ0) is 14.6.